The molecular formula is C29H32O10. The van der Waals surface area contributed by atoms with Crippen molar-refractivity contribution in [2.75, 3.05) is 0 Å². The quantitative estimate of drug-likeness (QED) is 0.241. The van der Waals surface area contributed by atoms with Crippen molar-refractivity contribution < 1.29 is 48.0 Å². The highest BCUT2D eigenvalue weighted by atomic mass is 16.6. The van der Waals surface area contributed by atoms with Gasteiger partial charge in [0.25, 0.3) is 0 Å². The van der Waals surface area contributed by atoms with Crippen molar-refractivity contribution in [3.8, 4) is 40.2 Å². The zero-order chi connectivity index (χ0) is 29.7. The summed E-state index contributed by atoms with van der Waals surface area (Å²) in [5, 5.41) is 10.9. The number of phenols is 1. The van der Waals surface area contributed by atoms with E-state index in [1.54, 1.807) is 34.6 Å². The fourth-order valence-electron chi connectivity index (χ4n) is 2.51. The zero-order valence-electron chi connectivity index (χ0n) is 23.0. The van der Waals surface area contributed by atoms with Gasteiger partial charge in [-0.3, -0.25) is 9.59 Å². The minimum atomic E-state index is -0.900. The summed E-state index contributed by atoms with van der Waals surface area (Å²) >= 11 is 0. The first-order chi connectivity index (χ1) is 18.0. The van der Waals surface area contributed by atoms with Gasteiger partial charge in [-0.05, 0) is 58.9 Å². The summed E-state index contributed by atoms with van der Waals surface area (Å²) in [6.07, 6.45) is 0. The second-order valence-electron chi connectivity index (χ2n) is 9.98. The molecule has 0 bridgehead atoms. The molecule has 0 aromatic heterocycles. The predicted octanol–water partition coefficient (Wildman–Crippen LogP) is 5.66. The Balaban J connectivity index is 2.65. The first-order valence-corrected chi connectivity index (χ1v) is 11.9. The van der Waals surface area contributed by atoms with Crippen molar-refractivity contribution in [2.45, 2.75) is 48.5 Å². The molecule has 0 fully saturated rings. The largest absolute Gasteiger partial charge is 0.502 e. The molecule has 0 atom stereocenters. The van der Waals surface area contributed by atoms with Crippen molar-refractivity contribution in [2.24, 2.45) is 11.3 Å². The molecule has 0 aliphatic heterocycles. The first kappa shape index (κ1) is 30.6. The second kappa shape index (κ2) is 12.3. The van der Waals surface area contributed by atoms with Crippen molar-refractivity contribution in [3.05, 3.63) is 54.6 Å². The first-order valence-electron chi connectivity index (χ1n) is 11.9. The van der Waals surface area contributed by atoms with Crippen LogP contribution in [0.1, 0.15) is 48.5 Å². The molecule has 10 heteroatoms. The third-order valence-corrected chi connectivity index (χ3v) is 4.80. The number of hydrogen-bond acceptors (Lipinski definition) is 10. The molecule has 0 heterocycles. The molecule has 10 nitrogen and oxygen atoms in total. The molecule has 0 aliphatic carbocycles. The van der Waals surface area contributed by atoms with E-state index in [1.807, 2.05) is 0 Å². The summed E-state index contributed by atoms with van der Waals surface area (Å²) in [7, 11) is 0. The molecule has 0 unspecified atom stereocenters. The minimum Gasteiger partial charge on any atom is -0.502 e. The normalized spacial score (nSPS) is 10.9. The number of para-hydroxylation sites is 1. The van der Waals surface area contributed by atoms with E-state index >= 15 is 0 Å². The molecule has 0 saturated heterocycles. The Hall–Kier alpha value is -4.60. The topological polar surface area (TPSA) is 135 Å². The number of carbonyl (C=O) groups is 4. The Morgan fingerprint density at radius 3 is 1.74 bits per heavy atom. The van der Waals surface area contributed by atoms with Crippen LogP contribution in [0.2, 0.25) is 0 Å². The Labute approximate surface area is 226 Å². The van der Waals surface area contributed by atoms with Crippen molar-refractivity contribution in [3.63, 3.8) is 0 Å². The van der Waals surface area contributed by atoms with Crippen LogP contribution >= 0.6 is 0 Å². The molecule has 2 aromatic rings. The molecule has 0 amide bonds. The van der Waals surface area contributed by atoms with Crippen LogP contribution in [0.25, 0.3) is 0 Å². The smallest absolute Gasteiger partial charge is 0.338 e. The van der Waals surface area contributed by atoms with Gasteiger partial charge in [-0.1, -0.05) is 33.1 Å². The van der Waals surface area contributed by atoms with Gasteiger partial charge in [-0.15, -0.1) is 0 Å². The van der Waals surface area contributed by atoms with E-state index in [1.165, 1.54) is 44.2 Å². The monoisotopic (exact) mass is 540 g/mol. The molecule has 0 saturated carbocycles. The lowest BCUT2D eigenvalue weighted by Gasteiger charge is -2.20. The Morgan fingerprint density at radius 2 is 1.23 bits per heavy atom. The molecule has 2 aromatic carbocycles. The third kappa shape index (κ3) is 7.94. The third-order valence-electron chi connectivity index (χ3n) is 4.80. The van der Waals surface area contributed by atoms with Crippen LogP contribution in [0.4, 0.5) is 0 Å². The highest BCUT2D eigenvalue weighted by Gasteiger charge is 2.28. The van der Waals surface area contributed by atoms with Crippen LogP contribution < -0.4 is 23.7 Å². The van der Waals surface area contributed by atoms with E-state index < -0.39 is 46.7 Å². The van der Waals surface area contributed by atoms with Gasteiger partial charge in [0.15, 0.2) is 23.0 Å². The van der Waals surface area contributed by atoms with Crippen molar-refractivity contribution in [1.29, 1.82) is 0 Å². The van der Waals surface area contributed by atoms with Crippen molar-refractivity contribution in [1.82, 2.24) is 0 Å². The number of rotatable bonds is 9. The fourth-order valence-corrected chi connectivity index (χ4v) is 2.51. The van der Waals surface area contributed by atoms with Gasteiger partial charge in [-0.2, -0.15) is 0 Å². The SMILES string of the molecule is C=C(C)C(=O)Oc1c(OC(=O)C(C)C)cccc1Oc1ccc(OC(=O)C(C)(C)C)c(O)c1OC(=O)C(=C)C. The Kier molecular flexibility index (Phi) is 9.65. The van der Waals surface area contributed by atoms with E-state index in [0.29, 0.717) is 0 Å². The van der Waals surface area contributed by atoms with Crippen LogP contribution in [-0.4, -0.2) is 29.0 Å². The van der Waals surface area contributed by atoms with Gasteiger partial charge in [0, 0.05) is 11.1 Å². The highest BCUT2D eigenvalue weighted by Crippen LogP contribution is 2.48. The van der Waals surface area contributed by atoms with Crippen LogP contribution in [0.3, 0.4) is 0 Å². The predicted molar refractivity (Wildman–Crippen MR) is 141 cm³/mol. The zero-order valence-corrected chi connectivity index (χ0v) is 23.0. The van der Waals surface area contributed by atoms with E-state index in [0.717, 1.165) is 0 Å². The molecular weight excluding hydrogens is 508 g/mol. The second-order valence-corrected chi connectivity index (χ2v) is 9.98. The van der Waals surface area contributed by atoms with Crippen LogP contribution in [-0.2, 0) is 19.2 Å². The Bertz CT molecular complexity index is 1330. The summed E-state index contributed by atoms with van der Waals surface area (Å²) in [6.45, 7) is 18.0. The number of carbonyl (C=O) groups excluding carboxylic acids is 4. The molecule has 2 rings (SSSR count). The fraction of sp³-hybridized carbons (Fsp3) is 0.310. The van der Waals surface area contributed by atoms with Crippen LogP contribution in [0, 0.1) is 11.3 Å². The highest BCUT2D eigenvalue weighted by molar-refractivity contribution is 5.91. The van der Waals surface area contributed by atoms with Gasteiger partial charge in [-0.25, -0.2) is 9.59 Å². The minimum absolute atomic E-state index is 0.0103. The molecule has 0 aliphatic rings. The molecule has 0 radical (unpaired) electrons. The lowest BCUT2D eigenvalue weighted by molar-refractivity contribution is -0.143. The van der Waals surface area contributed by atoms with Gasteiger partial charge >= 0.3 is 23.9 Å². The van der Waals surface area contributed by atoms with Crippen molar-refractivity contribution >= 4 is 23.9 Å². The molecule has 1 N–H and O–H groups in total. The standard InChI is InChI=1S/C29H32O10/c1-15(2)25(31)36-20-12-10-11-19(23(20)38-26(32)16(3)4)35-21-14-13-18(37-28(34)29(7,8)9)22(30)24(21)39-27(33)17(5)6/h10-15,30H,3,5H2,1-2,4,6-9H3. The number of ether oxygens (including phenoxy) is 5. The summed E-state index contributed by atoms with van der Waals surface area (Å²) in [5.41, 5.74) is -0.827. The maximum atomic E-state index is 12.4. The maximum Gasteiger partial charge on any atom is 0.338 e. The van der Waals surface area contributed by atoms with Gasteiger partial charge < -0.3 is 28.8 Å². The lowest BCUT2D eigenvalue weighted by Crippen LogP contribution is -2.25. The Morgan fingerprint density at radius 1 is 0.744 bits per heavy atom. The van der Waals surface area contributed by atoms with E-state index in [9.17, 15) is 24.3 Å². The lowest BCUT2D eigenvalue weighted by atomic mass is 9.97. The van der Waals surface area contributed by atoms with Gasteiger partial charge in [0.05, 0.1) is 11.3 Å². The maximum absolute atomic E-state index is 12.4. The van der Waals surface area contributed by atoms with Crippen LogP contribution in [0.15, 0.2) is 54.6 Å². The average Bonchev–Trinajstić information content (AvgIpc) is 2.83. The number of hydrogen-bond donors (Lipinski definition) is 1. The van der Waals surface area contributed by atoms with Gasteiger partial charge in [0.2, 0.25) is 17.2 Å². The summed E-state index contributed by atoms with van der Waals surface area (Å²) in [4.78, 5) is 49.4. The van der Waals surface area contributed by atoms with Crippen LogP contribution in [0.5, 0.6) is 40.2 Å². The number of benzene rings is 2. The molecule has 208 valence electrons. The number of esters is 4. The van der Waals surface area contributed by atoms with Gasteiger partial charge in [0.1, 0.15) is 0 Å². The van der Waals surface area contributed by atoms with E-state index in [4.69, 9.17) is 23.7 Å². The number of phenolic OH excluding ortho intramolecular Hbond substituents is 1. The van der Waals surface area contributed by atoms with E-state index in [2.05, 4.69) is 13.2 Å². The average molecular weight is 541 g/mol. The van der Waals surface area contributed by atoms with E-state index in [-0.39, 0.29) is 39.9 Å². The summed E-state index contributed by atoms with van der Waals surface area (Å²) in [6, 6.07) is 6.75. The molecule has 0 spiro atoms. The summed E-state index contributed by atoms with van der Waals surface area (Å²) < 4.78 is 27.2. The number of aromatic hydroxyl groups is 1. The summed E-state index contributed by atoms with van der Waals surface area (Å²) in [5.74, 6) is -5.71. The molecule has 39 heavy (non-hydrogen) atoms.